The molecule has 3 heterocycles. The molecule has 0 N–H and O–H groups in total. The van der Waals surface area contributed by atoms with Gasteiger partial charge >= 0.3 is 0 Å². The molecule has 0 atom stereocenters. The predicted molar refractivity (Wildman–Crippen MR) is 91.3 cm³/mol. The quantitative estimate of drug-likeness (QED) is 0.832. The molecule has 132 valence electrons. The van der Waals surface area contributed by atoms with Crippen LogP contribution >= 0.6 is 0 Å². The Morgan fingerprint density at radius 2 is 2.04 bits per heavy atom. The van der Waals surface area contributed by atoms with Crippen LogP contribution in [0.1, 0.15) is 47.7 Å². The summed E-state index contributed by atoms with van der Waals surface area (Å²) in [5.41, 5.74) is 1.76. The Kier molecular flexibility index (Phi) is 4.38. The van der Waals surface area contributed by atoms with Crippen LogP contribution in [0.25, 0.3) is 0 Å². The summed E-state index contributed by atoms with van der Waals surface area (Å²) in [6.45, 7) is 2.17. The molecule has 2 aromatic rings. The number of piperidine rings is 1. The molecule has 4 rings (SSSR count). The maximum atomic E-state index is 12.4. The molecule has 0 spiro atoms. The second kappa shape index (κ2) is 6.82. The van der Waals surface area contributed by atoms with Gasteiger partial charge in [0.1, 0.15) is 6.33 Å². The van der Waals surface area contributed by atoms with E-state index in [4.69, 9.17) is 4.74 Å². The number of nitrogens with zero attached hydrogens (tertiary/aromatic N) is 5. The van der Waals surface area contributed by atoms with E-state index in [-0.39, 0.29) is 5.91 Å². The number of amides is 1. The first kappa shape index (κ1) is 16.1. The summed E-state index contributed by atoms with van der Waals surface area (Å²) in [5, 5.41) is 4.07. The highest BCUT2D eigenvalue weighted by Gasteiger charge is 2.26. The SMILES string of the molecule is Cn1cc(C(=O)N2CCC(COc3cc(C4CC4)ncn3)CC2)cn1. The lowest BCUT2D eigenvalue weighted by atomic mass is 9.97. The molecule has 2 fully saturated rings. The number of carbonyl (C=O) groups is 1. The number of likely N-dealkylation sites (tertiary alicyclic amines) is 1. The summed E-state index contributed by atoms with van der Waals surface area (Å²) in [5.74, 6) is 1.80. The molecule has 1 saturated heterocycles. The maximum absolute atomic E-state index is 12.4. The van der Waals surface area contributed by atoms with E-state index < -0.39 is 0 Å². The average molecular weight is 341 g/mol. The van der Waals surface area contributed by atoms with Crippen molar-refractivity contribution in [2.45, 2.75) is 31.6 Å². The van der Waals surface area contributed by atoms with Gasteiger partial charge in [0.25, 0.3) is 5.91 Å². The van der Waals surface area contributed by atoms with Crippen molar-refractivity contribution in [3.05, 3.63) is 36.0 Å². The van der Waals surface area contributed by atoms with Gasteiger partial charge in [-0.05, 0) is 31.6 Å². The highest BCUT2D eigenvalue weighted by molar-refractivity contribution is 5.93. The van der Waals surface area contributed by atoms with Gasteiger partial charge in [-0.2, -0.15) is 5.10 Å². The molecular formula is C18H23N5O2. The molecule has 0 unspecified atom stereocenters. The zero-order valence-corrected chi connectivity index (χ0v) is 14.5. The van der Waals surface area contributed by atoms with Gasteiger partial charge in [0, 0.05) is 38.3 Å². The van der Waals surface area contributed by atoms with Crippen LogP contribution in [0.4, 0.5) is 0 Å². The van der Waals surface area contributed by atoms with Crippen LogP contribution in [0.5, 0.6) is 5.88 Å². The number of carbonyl (C=O) groups excluding carboxylic acids is 1. The Morgan fingerprint density at radius 1 is 1.24 bits per heavy atom. The Labute approximate surface area is 147 Å². The Hall–Kier alpha value is -2.44. The summed E-state index contributed by atoms with van der Waals surface area (Å²) in [4.78, 5) is 22.9. The molecule has 0 radical (unpaired) electrons. The second-order valence-corrected chi connectivity index (χ2v) is 7.00. The van der Waals surface area contributed by atoms with Gasteiger partial charge in [0.2, 0.25) is 5.88 Å². The van der Waals surface area contributed by atoms with Gasteiger partial charge in [-0.3, -0.25) is 9.48 Å². The minimum Gasteiger partial charge on any atom is -0.477 e. The number of hydrogen-bond acceptors (Lipinski definition) is 5. The van der Waals surface area contributed by atoms with E-state index in [1.807, 2.05) is 18.0 Å². The van der Waals surface area contributed by atoms with E-state index in [2.05, 4.69) is 15.1 Å². The molecule has 1 aliphatic carbocycles. The van der Waals surface area contributed by atoms with Crippen LogP contribution in [-0.4, -0.2) is 50.3 Å². The van der Waals surface area contributed by atoms with Gasteiger partial charge in [-0.25, -0.2) is 9.97 Å². The van der Waals surface area contributed by atoms with Crippen molar-refractivity contribution in [1.82, 2.24) is 24.6 Å². The Bertz CT molecular complexity index is 747. The van der Waals surface area contributed by atoms with Crippen LogP contribution in [0.2, 0.25) is 0 Å². The molecule has 25 heavy (non-hydrogen) atoms. The maximum Gasteiger partial charge on any atom is 0.257 e. The largest absolute Gasteiger partial charge is 0.477 e. The molecule has 1 saturated carbocycles. The zero-order valence-electron chi connectivity index (χ0n) is 14.5. The molecule has 0 bridgehead atoms. The third-order valence-corrected chi connectivity index (χ3v) is 4.98. The van der Waals surface area contributed by atoms with Crippen molar-refractivity contribution in [3.8, 4) is 5.88 Å². The van der Waals surface area contributed by atoms with Gasteiger partial charge in [0.05, 0.1) is 24.1 Å². The lowest BCUT2D eigenvalue weighted by molar-refractivity contribution is 0.0659. The first-order chi connectivity index (χ1) is 12.2. The molecule has 7 heteroatoms. The zero-order chi connectivity index (χ0) is 17.2. The van der Waals surface area contributed by atoms with Crippen molar-refractivity contribution in [2.75, 3.05) is 19.7 Å². The van der Waals surface area contributed by atoms with E-state index in [9.17, 15) is 4.79 Å². The van der Waals surface area contributed by atoms with Gasteiger partial charge in [-0.1, -0.05) is 0 Å². The lowest BCUT2D eigenvalue weighted by Gasteiger charge is -2.31. The van der Waals surface area contributed by atoms with Crippen molar-refractivity contribution >= 4 is 5.91 Å². The van der Waals surface area contributed by atoms with Crippen LogP contribution in [0.15, 0.2) is 24.8 Å². The number of hydrogen-bond donors (Lipinski definition) is 0. The Morgan fingerprint density at radius 3 is 2.72 bits per heavy atom. The number of rotatable bonds is 5. The fourth-order valence-corrected chi connectivity index (χ4v) is 3.25. The van der Waals surface area contributed by atoms with Crippen LogP contribution < -0.4 is 4.74 Å². The van der Waals surface area contributed by atoms with Crippen LogP contribution in [0, 0.1) is 5.92 Å². The molecular weight excluding hydrogens is 318 g/mol. The van der Waals surface area contributed by atoms with E-state index >= 15 is 0 Å². The normalized spacial score (nSPS) is 18.4. The first-order valence-electron chi connectivity index (χ1n) is 8.91. The topological polar surface area (TPSA) is 73.1 Å². The molecule has 1 amide bonds. The number of aryl methyl sites for hydroxylation is 1. The fraction of sp³-hybridized carbons (Fsp3) is 0.556. The fourth-order valence-electron chi connectivity index (χ4n) is 3.25. The van der Waals surface area contributed by atoms with Crippen molar-refractivity contribution < 1.29 is 9.53 Å². The highest BCUT2D eigenvalue weighted by atomic mass is 16.5. The van der Waals surface area contributed by atoms with E-state index in [1.54, 1.807) is 23.4 Å². The van der Waals surface area contributed by atoms with Gasteiger partial charge < -0.3 is 9.64 Å². The summed E-state index contributed by atoms with van der Waals surface area (Å²) in [7, 11) is 1.82. The summed E-state index contributed by atoms with van der Waals surface area (Å²) < 4.78 is 7.54. The monoisotopic (exact) mass is 341 g/mol. The van der Waals surface area contributed by atoms with Crippen LogP contribution in [-0.2, 0) is 7.05 Å². The third-order valence-electron chi connectivity index (χ3n) is 4.98. The average Bonchev–Trinajstić information content (AvgIpc) is 3.41. The predicted octanol–water partition coefficient (Wildman–Crippen LogP) is 2.02. The third kappa shape index (κ3) is 3.81. The van der Waals surface area contributed by atoms with Gasteiger partial charge in [-0.15, -0.1) is 0 Å². The number of ether oxygens (including phenoxy) is 1. The standard InChI is InChI=1S/C18H23N5O2/c1-22-10-15(9-21-22)18(24)23-6-4-13(5-7-23)11-25-17-8-16(14-2-3-14)19-12-20-17/h8-10,12-14H,2-7,11H2,1H3. The number of aromatic nitrogens is 4. The highest BCUT2D eigenvalue weighted by Crippen LogP contribution is 2.39. The summed E-state index contributed by atoms with van der Waals surface area (Å²) >= 11 is 0. The second-order valence-electron chi connectivity index (χ2n) is 7.00. The molecule has 7 nitrogen and oxygen atoms in total. The minimum atomic E-state index is 0.0670. The van der Waals surface area contributed by atoms with Crippen LogP contribution in [0.3, 0.4) is 0 Å². The van der Waals surface area contributed by atoms with E-state index in [0.717, 1.165) is 31.6 Å². The smallest absolute Gasteiger partial charge is 0.257 e. The van der Waals surface area contributed by atoms with E-state index in [0.29, 0.717) is 29.9 Å². The lowest BCUT2D eigenvalue weighted by Crippen LogP contribution is -2.39. The molecule has 2 aliphatic rings. The van der Waals surface area contributed by atoms with Crippen molar-refractivity contribution in [3.63, 3.8) is 0 Å². The van der Waals surface area contributed by atoms with Crippen molar-refractivity contribution in [2.24, 2.45) is 13.0 Å². The Balaban J connectivity index is 1.26. The van der Waals surface area contributed by atoms with Gasteiger partial charge in [0.15, 0.2) is 0 Å². The molecule has 2 aromatic heterocycles. The summed E-state index contributed by atoms with van der Waals surface area (Å²) in [6.07, 6.45) is 9.34. The first-order valence-corrected chi connectivity index (χ1v) is 8.91. The summed E-state index contributed by atoms with van der Waals surface area (Å²) in [6, 6.07) is 1.97. The molecule has 0 aromatic carbocycles. The minimum absolute atomic E-state index is 0.0670. The molecule has 1 aliphatic heterocycles. The van der Waals surface area contributed by atoms with Crippen molar-refractivity contribution in [1.29, 1.82) is 0 Å². The van der Waals surface area contributed by atoms with E-state index in [1.165, 1.54) is 12.8 Å².